The SMILES string of the molecule is O=C(CSc1nc2ccccc2o1)Nc1ccc(N2CCN(C3CCCCC3)CC2)cc1. The molecule has 0 bridgehead atoms. The number of thioether (sulfide) groups is 1. The van der Waals surface area contributed by atoms with Crippen LogP contribution in [0.3, 0.4) is 0 Å². The van der Waals surface area contributed by atoms with E-state index in [-0.39, 0.29) is 11.7 Å². The minimum Gasteiger partial charge on any atom is -0.431 e. The van der Waals surface area contributed by atoms with Crippen molar-refractivity contribution in [3.63, 3.8) is 0 Å². The number of fused-ring (bicyclic) bond motifs is 1. The smallest absolute Gasteiger partial charge is 0.257 e. The average molecular weight is 451 g/mol. The van der Waals surface area contributed by atoms with E-state index in [0.717, 1.165) is 49.0 Å². The molecule has 7 heteroatoms. The quantitative estimate of drug-likeness (QED) is 0.533. The molecule has 1 aliphatic heterocycles. The molecule has 0 atom stereocenters. The molecule has 1 N–H and O–H groups in total. The van der Waals surface area contributed by atoms with Crippen molar-refractivity contribution in [3.05, 3.63) is 48.5 Å². The zero-order valence-corrected chi connectivity index (χ0v) is 19.2. The summed E-state index contributed by atoms with van der Waals surface area (Å²) in [6, 6.07) is 16.6. The molecule has 0 radical (unpaired) electrons. The fourth-order valence-corrected chi connectivity index (χ4v) is 5.42. The first kappa shape index (κ1) is 21.3. The number of anilines is 2. The van der Waals surface area contributed by atoms with Gasteiger partial charge in [0.05, 0.1) is 5.75 Å². The van der Waals surface area contributed by atoms with Crippen LogP contribution in [0.4, 0.5) is 11.4 Å². The number of nitrogens with one attached hydrogen (secondary N) is 1. The molecule has 1 aliphatic carbocycles. The van der Waals surface area contributed by atoms with Gasteiger partial charge < -0.3 is 14.6 Å². The highest BCUT2D eigenvalue weighted by atomic mass is 32.2. The van der Waals surface area contributed by atoms with Crippen LogP contribution in [0.5, 0.6) is 0 Å². The molecular weight excluding hydrogens is 420 g/mol. The number of hydrogen-bond acceptors (Lipinski definition) is 6. The second-order valence-corrected chi connectivity index (χ2v) is 9.57. The molecule has 2 heterocycles. The third-order valence-electron chi connectivity index (χ3n) is 6.52. The van der Waals surface area contributed by atoms with Crippen LogP contribution >= 0.6 is 11.8 Å². The largest absolute Gasteiger partial charge is 0.431 e. The molecule has 1 amide bonds. The number of benzene rings is 2. The highest BCUT2D eigenvalue weighted by Crippen LogP contribution is 2.26. The Bertz CT molecular complexity index is 1000. The van der Waals surface area contributed by atoms with E-state index in [0.29, 0.717) is 5.22 Å². The Morgan fingerprint density at radius 2 is 1.75 bits per heavy atom. The number of rotatable bonds is 6. The van der Waals surface area contributed by atoms with Gasteiger partial charge in [0.1, 0.15) is 5.52 Å². The van der Waals surface area contributed by atoms with E-state index < -0.39 is 0 Å². The topological polar surface area (TPSA) is 61.6 Å². The van der Waals surface area contributed by atoms with Crippen molar-refractivity contribution in [2.75, 3.05) is 42.1 Å². The molecule has 0 spiro atoms. The van der Waals surface area contributed by atoms with E-state index in [1.165, 1.54) is 49.6 Å². The van der Waals surface area contributed by atoms with E-state index in [1.54, 1.807) is 0 Å². The first-order chi connectivity index (χ1) is 15.7. The van der Waals surface area contributed by atoms with Gasteiger partial charge in [-0.3, -0.25) is 9.69 Å². The lowest BCUT2D eigenvalue weighted by atomic mass is 9.94. The number of nitrogens with zero attached hydrogens (tertiary/aromatic N) is 3. The van der Waals surface area contributed by atoms with Gasteiger partial charge in [0.15, 0.2) is 5.58 Å². The van der Waals surface area contributed by atoms with Crippen molar-refractivity contribution >= 4 is 40.1 Å². The number of piperazine rings is 1. The monoisotopic (exact) mass is 450 g/mol. The lowest BCUT2D eigenvalue weighted by Crippen LogP contribution is -2.50. The van der Waals surface area contributed by atoms with Gasteiger partial charge in [0, 0.05) is 43.6 Å². The van der Waals surface area contributed by atoms with Crippen LogP contribution in [0.15, 0.2) is 58.2 Å². The third-order valence-corrected chi connectivity index (χ3v) is 7.35. The van der Waals surface area contributed by atoms with Crippen molar-refractivity contribution < 1.29 is 9.21 Å². The molecule has 1 aromatic heterocycles. The summed E-state index contributed by atoms with van der Waals surface area (Å²) < 4.78 is 5.66. The summed E-state index contributed by atoms with van der Waals surface area (Å²) in [6.45, 7) is 4.44. The van der Waals surface area contributed by atoms with E-state index in [4.69, 9.17) is 4.42 Å². The summed E-state index contributed by atoms with van der Waals surface area (Å²) in [4.78, 5) is 21.9. The second kappa shape index (κ2) is 9.96. The minimum atomic E-state index is -0.0638. The summed E-state index contributed by atoms with van der Waals surface area (Å²) in [5, 5.41) is 3.49. The minimum absolute atomic E-state index is 0.0638. The van der Waals surface area contributed by atoms with Gasteiger partial charge in [0.25, 0.3) is 5.22 Å². The molecule has 168 valence electrons. The van der Waals surface area contributed by atoms with Gasteiger partial charge in [-0.1, -0.05) is 43.2 Å². The van der Waals surface area contributed by atoms with Crippen molar-refractivity contribution in [2.45, 2.75) is 43.4 Å². The summed E-state index contributed by atoms with van der Waals surface area (Å²) in [5.41, 5.74) is 3.60. The van der Waals surface area contributed by atoms with Crippen LogP contribution in [0.1, 0.15) is 32.1 Å². The fourth-order valence-electron chi connectivity index (χ4n) is 4.78. The zero-order valence-electron chi connectivity index (χ0n) is 18.3. The Morgan fingerprint density at radius 1 is 1.00 bits per heavy atom. The lowest BCUT2D eigenvalue weighted by molar-refractivity contribution is -0.113. The standard InChI is InChI=1S/C25H30N4O2S/c30-24(18-32-25-27-22-8-4-5-9-23(22)31-25)26-19-10-12-21(13-11-19)29-16-14-28(15-17-29)20-6-2-1-3-7-20/h4-5,8-13,20H,1-3,6-7,14-18H2,(H,26,30). The van der Waals surface area contributed by atoms with Gasteiger partial charge in [-0.15, -0.1) is 0 Å². The third kappa shape index (κ3) is 5.10. The van der Waals surface area contributed by atoms with Crippen LogP contribution < -0.4 is 10.2 Å². The van der Waals surface area contributed by atoms with Crippen molar-refractivity contribution in [1.82, 2.24) is 9.88 Å². The Labute approximate surface area is 193 Å². The average Bonchev–Trinajstić information content (AvgIpc) is 3.27. The first-order valence-corrected chi connectivity index (χ1v) is 12.6. The van der Waals surface area contributed by atoms with Crippen LogP contribution in [-0.2, 0) is 4.79 Å². The summed E-state index contributed by atoms with van der Waals surface area (Å²) >= 11 is 1.31. The van der Waals surface area contributed by atoms with Gasteiger partial charge in [-0.2, -0.15) is 0 Å². The van der Waals surface area contributed by atoms with Gasteiger partial charge >= 0.3 is 0 Å². The Morgan fingerprint density at radius 3 is 2.50 bits per heavy atom. The molecule has 5 rings (SSSR count). The molecule has 2 aromatic carbocycles. The van der Waals surface area contributed by atoms with Crippen molar-refractivity contribution in [2.24, 2.45) is 0 Å². The Kier molecular flexibility index (Phi) is 6.64. The number of carbonyl (C=O) groups is 1. The summed E-state index contributed by atoms with van der Waals surface area (Å²) in [6.07, 6.45) is 6.95. The molecular formula is C25H30N4O2S. The highest BCUT2D eigenvalue weighted by molar-refractivity contribution is 7.99. The number of hydrogen-bond donors (Lipinski definition) is 1. The lowest BCUT2D eigenvalue weighted by Gasteiger charge is -2.41. The van der Waals surface area contributed by atoms with E-state index in [2.05, 4.69) is 32.2 Å². The van der Waals surface area contributed by atoms with Crippen molar-refractivity contribution in [3.8, 4) is 0 Å². The number of amides is 1. The van der Waals surface area contributed by atoms with Crippen LogP contribution in [0.25, 0.3) is 11.1 Å². The van der Waals surface area contributed by atoms with Crippen LogP contribution in [0, 0.1) is 0 Å². The fraction of sp³-hybridized carbons (Fsp3) is 0.440. The molecule has 6 nitrogen and oxygen atoms in total. The molecule has 2 aliphatic rings. The summed E-state index contributed by atoms with van der Waals surface area (Å²) in [7, 11) is 0. The van der Waals surface area contributed by atoms with Crippen LogP contribution in [-0.4, -0.2) is 53.8 Å². The molecule has 32 heavy (non-hydrogen) atoms. The predicted octanol–water partition coefficient (Wildman–Crippen LogP) is 5.01. The summed E-state index contributed by atoms with van der Waals surface area (Å²) in [5.74, 6) is 0.198. The Balaban J connectivity index is 1.09. The van der Waals surface area contributed by atoms with Crippen LogP contribution in [0.2, 0.25) is 0 Å². The first-order valence-electron chi connectivity index (χ1n) is 11.6. The molecule has 2 fully saturated rings. The zero-order chi connectivity index (χ0) is 21.8. The number of para-hydroxylation sites is 2. The van der Waals surface area contributed by atoms with Gasteiger partial charge in [-0.05, 0) is 49.2 Å². The van der Waals surface area contributed by atoms with E-state index in [9.17, 15) is 4.79 Å². The van der Waals surface area contributed by atoms with E-state index in [1.807, 2.05) is 36.4 Å². The maximum Gasteiger partial charge on any atom is 0.257 e. The Hall–Kier alpha value is -2.51. The molecule has 3 aromatic rings. The second-order valence-electron chi connectivity index (χ2n) is 8.65. The van der Waals surface area contributed by atoms with Gasteiger partial charge in [-0.25, -0.2) is 4.98 Å². The predicted molar refractivity (Wildman–Crippen MR) is 130 cm³/mol. The van der Waals surface area contributed by atoms with E-state index >= 15 is 0 Å². The molecule has 1 saturated heterocycles. The number of oxazole rings is 1. The van der Waals surface area contributed by atoms with Gasteiger partial charge in [0.2, 0.25) is 5.91 Å². The van der Waals surface area contributed by atoms with Crippen molar-refractivity contribution in [1.29, 1.82) is 0 Å². The molecule has 0 unspecified atom stereocenters. The molecule has 1 saturated carbocycles. The maximum atomic E-state index is 12.4. The number of carbonyl (C=O) groups excluding carboxylic acids is 1. The highest BCUT2D eigenvalue weighted by Gasteiger charge is 2.25. The number of aromatic nitrogens is 1. The normalized spacial score (nSPS) is 18.2. The maximum absolute atomic E-state index is 12.4.